The topological polar surface area (TPSA) is 49.3 Å². The quantitative estimate of drug-likeness (QED) is 0.812. The lowest BCUT2D eigenvalue weighted by Gasteiger charge is -2.40. The van der Waals surface area contributed by atoms with Gasteiger partial charge in [0, 0.05) is 12.6 Å². The van der Waals surface area contributed by atoms with E-state index in [1.165, 1.54) is 44.1 Å². The molecule has 0 unspecified atom stereocenters. The second-order valence-corrected chi connectivity index (χ2v) is 7.99. The number of carbonyl (C=O) groups is 1. The van der Waals surface area contributed by atoms with E-state index in [0.717, 1.165) is 32.2 Å². The van der Waals surface area contributed by atoms with Gasteiger partial charge < -0.3 is 10.4 Å². The number of aliphatic carboxylic acids is 1. The van der Waals surface area contributed by atoms with E-state index in [9.17, 15) is 4.79 Å². The normalized spacial score (nSPS) is 26.8. The monoisotopic (exact) mass is 329 g/mol. The molecule has 2 fully saturated rings. The highest BCUT2D eigenvalue weighted by Gasteiger charge is 2.33. The molecule has 3 rings (SSSR count). The smallest absolute Gasteiger partial charge is 0.306 e. The molecule has 2 aliphatic rings. The summed E-state index contributed by atoms with van der Waals surface area (Å²) in [5, 5.41) is 13.0. The van der Waals surface area contributed by atoms with Gasteiger partial charge in [0.05, 0.1) is 5.92 Å². The molecule has 0 amide bonds. The summed E-state index contributed by atoms with van der Waals surface area (Å²) in [6.07, 6.45) is 11.6. The van der Waals surface area contributed by atoms with Crippen LogP contribution in [0.15, 0.2) is 30.3 Å². The predicted octanol–water partition coefficient (Wildman–Crippen LogP) is 4.41. The van der Waals surface area contributed by atoms with Crippen molar-refractivity contribution in [1.29, 1.82) is 0 Å². The average Bonchev–Trinajstić information content (AvgIpc) is 2.62. The lowest BCUT2D eigenvalue weighted by atomic mass is 9.70. The molecule has 1 aromatic carbocycles. The van der Waals surface area contributed by atoms with Gasteiger partial charge in [-0.1, -0.05) is 49.6 Å². The van der Waals surface area contributed by atoms with E-state index in [-0.39, 0.29) is 5.92 Å². The summed E-state index contributed by atoms with van der Waals surface area (Å²) in [5.74, 6) is -0.725. The van der Waals surface area contributed by atoms with Crippen LogP contribution in [0.2, 0.25) is 0 Å². The molecule has 3 heteroatoms. The van der Waals surface area contributed by atoms with Crippen LogP contribution in [0.1, 0.15) is 63.4 Å². The molecule has 1 aromatic rings. The van der Waals surface area contributed by atoms with Crippen molar-refractivity contribution in [2.24, 2.45) is 11.3 Å². The molecule has 24 heavy (non-hydrogen) atoms. The van der Waals surface area contributed by atoms with E-state index in [0.29, 0.717) is 11.5 Å². The largest absolute Gasteiger partial charge is 0.481 e. The molecule has 2 N–H and O–H groups in total. The third-order valence-corrected chi connectivity index (χ3v) is 6.18. The van der Waals surface area contributed by atoms with E-state index in [1.807, 2.05) is 0 Å². The maximum Gasteiger partial charge on any atom is 0.306 e. The summed E-state index contributed by atoms with van der Waals surface area (Å²) in [5.41, 5.74) is 1.85. The zero-order chi connectivity index (χ0) is 16.8. The summed E-state index contributed by atoms with van der Waals surface area (Å²) in [4.78, 5) is 11.1. The van der Waals surface area contributed by atoms with E-state index in [1.54, 1.807) is 0 Å². The molecular formula is C21H31NO2. The maximum absolute atomic E-state index is 11.1. The molecule has 2 aliphatic carbocycles. The van der Waals surface area contributed by atoms with Crippen molar-refractivity contribution in [2.45, 2.75) is 70.3 Å². The highest BCUT2D eigenvalue weighted by Crippen LogP contribution is 2.39. The van der Waals surface area contributed by atoms with Gasteiger partial charge in [0.25, 0.3) is 0 Å². The van der Waals surface area contributed by atoms with Crippen LogP contribution in [0.4, 0.5) is 0 Å². The van der Waals surface area contributed by atoms with Crippen molar-refractivity contribution in [3.8, 4) is 0 Å². The second kappa shape index (κ2) is 8.15. The van der Waals surface area contributed by atoms with Crippen LogP contribution >= 0.6 is 0 Å². The van der Waals surface area contributed by atoms with Gasteiger partial charge in [-0.15, -0.1) is 0 Å². The fourth-order valence-corrected chi connectivity index (χ4v) is 4.65. The predicted molar refractivity (Wildman–Crippen MR) is 97.0 cm³/mol. The minimum atomic E-state index is -0.610. The number of rotatable bonds is 6. The highest BCUT2D eigenvalue weighted by atomic mass is 16.4. The molecular weight excluding hydrogens is 298 g/mol. The Kier molecular flexibility index (Phi) is 5.94. The van der Waals surface area contributed by atoms with Gasteiger partial charge in [-0.05, 0) is 55.9 Å². The van der Waals surface area contributed by atoms with Crippen molar-refractivity contribution < 1.29 is 9.90 Å². The van der Waals surface area contributed by atoms with Crippen LogP contribution in [0.25, 0.3) is 0 Å². The Bertz CT molecular complexity index is 514. The summed E-state index contributed by atoms with van der Waals surface area (Å²) >= 11 is 0. The first-order chi connectivity index (χ1) is 11.7. The van der Waals surface area contributed by atoms with Gasteiger partial charge in [-0.3, -0.25) is 4.79 Å². The van der Waals surface area contributed by atoms with E-state index in [4.69, 9.17) is 5.11 Å². The Balaban J connectivity index is 1.56. The third-order valence-electron chi connectivity index (χ3n) is 6.18. The van der Waals surface area contributed by atoms with Crippen LogP contribution in [0, 0.1) is 11.3 Å². The van der Waals surface area contributed by atoms with E-state index in [2.05, 4.69) is 35.6 Å². The number of hydrogen-bond donors (Lipinski definition) is 2. The standard InChI is InChI=1S/C21H31NO2/c23-20(24)18-9-11-19(12-10-18)22-16-21(13-5-2-6-14-21)15-17-7-3-1-4-8-17/h1,3-4,7-8,18-19,22H,2,5-6,9-16H2,(H,23,24). The van der Waals surface area contributed by atoms with Crippen molar-refractivity contribution in [2.75, 3.05) is 6.54 Å². The molecule has 0 spiro atoms. The Morgan fingerprint density at radius 1 is 1.04 bits per heavy atom. The maximum atomic E-state index is 11.1. The molecule has 0 aromatic heterocycles. The number of benzene rings is 1. The van der Waals surface area contributed by atoms with E-state index < -0.39 is 5.97 Å². The molecule has 0 heterocycles. The molecule has 0 bridgehead atoms. The third kappa shape index (κ3) is 4.60. The molecule has 2 saturated carbocycles. The van der Waals surface area contributed by atoms with Crippen molar-refractivity contribution in [3.63, 3.8) is 0 Å². The van der Waals surface area contributed by atoms with Crippen LogP contribution < -0.4 is 5.32 Å². The van der Waals surface area contributed by atoms with Crippen LogP contribution in [0.3, 0.4) is 0 Å². The van der Waals surface area contributed by atoms with Gasteiger partial charge in [0.2, 0.25) is 0 Å². The Morgan fingerprint density at radius 2 is 1.71 bits per heavy atom. The highest BCUT2D eigenvalue weighted by molar-refractivity contribution is 5.70. The number of carboxylic acids is 1. The van der Waals surface area contributed by atoms with Crippen LogP contribution in [-0.2, 0) is 11.2 Å². The number of carboxylic acid groups (broad SMARTS) is 1. The second-order valence-electron chi connectivity index (χ2n) is 7.99. The van der Waals surface area contributed by atoms with Gasteiger partial charge in [-0.2, -0.15) is 0 Å². The molecule has 0 aliphatic heterocycles. The zero-order valence-corrected chi connectivity index (χ0v) is 14.7. The van der Waals surface area contributed by atoms with Gasteiger partial charge in [-0.25, -0.2) is 0 Å². The molecule has 0 saturated heterocycles. The number of hydrogen-bond acceptors (Lipinski definition) is 2. The Hall–Kier alpha value is -1.35. The first kappa shape index (κ1) is 17.5. The van der Waals surface area contributed by atoms with Gasteiger partial charge in [0.1, 0.15) is 0 Å². The molecule has 0 radical (unpaired) electrons. The first-order valence-electron chi connectivity index (χ1n) is 9.67. The molecule has 3 nitrogen and oxygen atoms in total. The SMILES string of the molecule is O=C(O)C1CCC(NCC2(Cc3ccccc3)CCCCC2)CC1. The Labute approximate surface area is 145 Å². The minimum absolute atomic E-state index is 0.115. The molecule has 0 atom stereocenters. The summed E-state index contributed by atoms with van der Waals surface area (Å²) in [6.45, 7) is 1.09. The summed E-state index contributed by atoms with van der Waals surface area (Å²) in [7, 11) is 0. The average molecular weight is 329 g/mol. The lowest BCUT2D eigenvalue weighted by molar-refractivity contribution is -0.142. The zero-order valence-electron chi connectivity index (χ0n) is 14.7. The molecule has 132 valence electrons. The van der Waals surface area contributed by atoms with Gasteiger partial charge >= 0.3 is 5.97 Å². The lowest BCUT2D eigenvalue weighted by Crippen LogP contribution is -2.44. The van der Waals surface area contributed by atoms with E-state index >= 15 is 0 Å². The van der Waals surface area contributed by atoms with Crippen molar-refractivity contribution in [1.82, 2.24) is 5.32 Å². The van der Waals surface area contributed by atoms with Crippen LogP contribution in [-0.4, -0.2) is 23.7 Å². The van der Waals surface area contributed by atoms with Gasteiger partial charge in [0.15, 0.2) is 0 Å². The fraction of sp³-hybridized carbons (Fsp3) is 0.667. The minimum Gasteiger partial charge on any atom is -0.481 e. The van der Waals surface area contributed by atoms with Crippen molar-refractivity contribution in [3.05, 3.63) is 35.9 Å². The van der Waals surface area contributed by atoms with Crippen molar-refractivity contribution >= 4 is 5.97 Å². The Morgan fingerprint density at radius 3 is 2.33 bits per heavy atom. The van der Waals surface area contributed by atoms with Crippen LogP contribution in [0.5, 0.6) is 0 Å². The fourth-order valence-electron chi connectivity index (χ4n) is 4.65. The number of nitrogens with one attached hydrogen (secondary N) is 1. The first-order valence-corrected chi connectivity index (χ1v) is 9.67. The summed E-state index contributed by atoms with van der Waals surface area (Å²) < 4.78 is 0. The summed E-state index contributed by atoms with van der Waals surface area (Å²) in [6, 6.07) is 11.4.